The standard InChI is InChI=1S/C88H172O17P2/c1-6-9-12-15-18-21-24-27-29-31-32-33-34-35-37-39-42-48-53-58-63-68-73-87(92)104-83(78-99-86(91)72-67-62-57-52-47-41-38-36-30-28-25-22-19-16-13-10-7-2)79-102-106(94,95)100-75-82(89)76-101-107(96,97)103-80-84(77-98-85(90)71-66-61-56-51-46-40-26-23-20-17-14-11-8-3)105-88(93)74-69-64-59-54-49-44-43-45-50-55-60-65-70-81(4)5/h81-84,89H,6-80H2,1-5H3,(H,94,95)(H,96,97)/t82-,83-,84-/m1/s1. The molecule has 107 heavy (non-hydrogen) atoms. The van der Waals surface area contributed by atoms with Crippen molar-refractivity contribution < 1.29 is 80.2 Å². The van der Waals surface area contributed by atoms with Crippen molar-refractivity contribution in [2.24, 2.45) is 5.92 Å². The number of ether oxygens (including phenoxy) is 4. The molecular formula is C88H172O17P2. The lowest BCUT2D eigenvalue weighted by Gasteiger charge is -2.21. The summed E-state index contributed by atoms with van der Waals surface area (Å²) in [5.41, 5.74) is 0. The van der Waals surface area contributed by atoms with E-state index < -0.39 is 97.5 Å². The van der Waals surface area contributed by atoms with Gasteiger partial charge in [0.05, 0.1) is 26.4 Å². The van der Waals surface area contributed by atoms with Crippen molar-refractivity contribution in [1.82, 2.24) is 0 Å². The maximum absolute atomic E-state index is 13.2. The molecule has 19 heteroatoms. The summed E-state index contributed by atoms with van der Waals surface area (Å²) in [6.07, 6.45) is 75.0. The van der Waals surface area contributed by atoms with E-state index in [1.54, 1.807) is 0 Å². The maximum atomic E-state index is 13.2. The molecule has 0 rings (SSSR count). The highest BCUT2D eigenvalue weighted by Gasteiger charge is 2.30. The molecule has 0 saturated carbocycles. The molecule has 0 spiro atoms. The monoisotopic (exact) mass is 1560 g/mol. The fraction of sp³-hybridized carbons (Fsp3) is 0.955. The summed E-state index contributed by atoms with van der Waals surface area (Å²) < 4.78 is 69.0. The van der Waals surface area contributed by atoms with Gasteiger partial charge in [0.25, 0.3) is 0 Å². The first-order valence-corrected chi connectivity index (χ1v) is 48.6. The number of phosphoric acid groups is 2. The zero-order valence-electron chi connectivity index (χ0n) is 70.3. The zero-order chi connectivity index (χ0) is 78.3. The van der Waals surface area contributed by atoms with Gasteiger partial charge in [0.1, 0.15) is 19.3 Å². The maximum Gasteiger partial charge on any atom is 0.472 e. The van der Waals surface area contributed by atoms with Gasteiger partial charge in [0.2, 0.25) is 0 Å². The normalized spacial score (nSPS) is 13.7. The third-order valence-corrected chi connectivity index (χ3v) is 22.7. The van der Waals surface area contributed by atoms with E-state index in [2.05, 4.69) is 34.6 Å². The molecule has 0 fully saturated rings. The van der Waals surface area contributed by atoms with Crippen molar-refractivity contribution in [1.29, 1.82) is 0 Å². The Morgan fingerprint density at radius 3 is 0.636 bits per heavy atom. The van der Waals surface area contributed by atoms with Crippen LogP contribution in [-0.2, 0) is 65.4 Å². The first-order valence-electron chi connectivity index (χ1n) is 45.6. The Hall–Kier alpha value is -1.94. The quantitative estimate of drug-likeness (QED) is 0.0222. The third kappa shape index (κ3) is 81.9. The average Bonchev–Trinajstić information content (AvgIpc) is 0.907. The second-order valence-corrected chi connectivity index (χ2v) is 35.0. The Balaban J connectivity index is 5.24. The molecule has 0 aliphatic heterocycles. The molecule has 2 unspecified atom stereocenters. The van der Waals surface area contributed by atoms with Gasteiger partial charge in [-0.15, -0.1) is 0 Å². The lowest BCUT2D eigenvalue weighted by Crippen LogP contribution is -2.30. The molecule has 0 radical (unpaired) electrons. The Kier molecular flexibility index (Phi) is 79.2. The van der Waals surface area contributed by atoms with Gasteiger partial charge in [0, 0.05) is 25.7 Å². The number of hydrogen-bond donors (Lipinski definition) is 3. The first kappa shape index (κ1) is 105. The summed E-state index contributed by atoms with van der Waals surface area (Å²) in [6, 6.07) is 0. The Bertz CT molecular complexity index is 2030. The number of unbranched alkanes of at least 4 members (excludes halogenated alkanes) is 60. The van der Waals surface area contributed by atoms with Crippen LogP contribution in [0.2, 0.25) is 0 Å². The van der Waals surface area contributed by atoms with Crippen molar-refractivity contribution in [2.45, 2.75) is 496 Å². The number of carbonyl (C=O) groups excluding carboxylic acids is 4. The fourth-order valence-electron chi connectivity index (χ4n) is 13.8. The van der Waals surface area contributed by atoms with Gasteiger partial charge >= 0.3 is 39.5 Å². The van der Waals surface area contributed by atoms with Crippen molar-refractivity contribution >= 4 is 39.5 Å². The van der Waals surface area contributed by atoms with Crippen LogP contribution in [0.1, 0.15) is 478 Å². The van der Waals surface area contributed by atoms with Crippen LogP contribution in [0.5, 0.6) is 0 Å². The van der Waals surface area contributed by atoms with E-state index in [1.807, 2.05) is 0 Å². The summed E-state index contributed by atoms with van der Waals surface area (Å²) in [5.74, 6) is -1.32. The average molecular weight is 1560 g/mol. The Morgan fingerprint density at radius 2 is 0.430 bits per heavy atom. The minimum Gasteiger partial charge on any atom is -0.462 e. The first-order chi connectivity index (χ1) is 52.0. The highest BCUT2D eigenvalue weighted by atomic mass is 31.2. The molecule has 3 N–H and O–H groups in total. The van der Waals surface area contributed by atoms with E-state index in [9.17, 15) is 43.2 Å². The zero-order valence-corrected chi connectivity index (χ0v) is 72.1. The van der Waals surface area contributed by atoms with Crippen molar-refractivity contribution in [3.8, 4) is 0 Å². The van der Waals surface area contributed by atoms with E-state index in [4.69, 9.17) is 37.0 Å². The molecule has 0 aliphatic carbocycles. The number of rotatable bonds is 88. The van der Waals surface area contributed by atoms with Gasteiger partial charge in [0.15, 0.2) is 12.2 Å². The third-order valence-electron chi connectivity index (χ3n) is 20.8. The van der Waals surface area contributed by atoms with Crippen molar-refractivity contribution in [3.63, 3.8) is 0 Å². The topological polar surface area (TPSA) is 237 Å². The van der Waals surface area contributed by atoms with E-state index in [0.29, 0.717) is 25.7 Å². The predicted octanol–water partition coefficient (Wildman–Crippen LogP) is 27.2. The Labute approximate surface area is 658 Å². The second-order valence-electron chi connectivity index (χ2n) is 32.1. The van der Waals surface area contributed by atoms with Gasteiger partial charge in [-0.2, -0.15) is 0 Å². The minimum atomic E-state index is -4.97. The molecule has 17 nitrogen and oxygen atoms in total. The minimum absolute atomic E-state index is 0.108. The van der Waals surface area contributed by atoms with E-state index in [-0.39, 0.29) is 25.7 Å². The van der Waals surface area contributed by atoms with Crippen molar-refractivity contribution in [3.05, 3.63) is 0 Å². The number of aliphatic hydroxyl groups is 1. The van der Waals surface area contributed by atoms with Crippen LogP contribution in [0.4, 0.5) is 0 Å². The number of aliphatic hydroxyl groups excluding tert-OH is 1. The van der Waals surface area contributed by atoms with Crippen LogP contribution in [0.25, 0.3) is 0 Å². The molecular weight excluding hydrogens is 1390 g/mol. The molecule has 0 aromatic rings. The summed E-state index contributed by atoms with van der Waals surface area (Å²) in [5, 5.41) is 10.7. The number of carbonyl (C=O) groups is 4. The molecule has 0 bridgehead atoms. The predicted molar refractivity (Wildman–Crippen MR) is 442 cm³/mol. The lowest BCUT2D eigenvalue weighted by atomic mass is 10.0. The molecule has 0 heterocycles. The van der Waals surface area contributed by atoms with Gasteiger partial charge in [-0.3, -0.25) is 37.3 Å². The SMILES string of the molecule is CCCCCCCCCCCCCCCCCCCCCCCCC(=O)O[C@H](COC(=O)CCCCCCCCCCCCCCCCCCC)COP(=O)(O)OC[C@@H](O)COP(=O)(O)OC[C@@H](COC(=O)CCCCCCCCCCCCCCC)OC(=O)CCCCCCCCCCCCCCC(C)C. The van der Waals surface area contributed by atoms with Gasteiger partial charge in [-0.1, -0.05) is 426 Å². The van der Waals surface area contributed by atoms with Crippen LogP contribution in [0.3, 0.4) is 0 Å². The molecule has 0 aromatic heterocycles. The number of phosphoric ester groups is 2. The highest BCUT2D eigenvalue weighted by Crippen LogP contribution is 2.45. The summed E-state index contributed by atoms with van der Waals surface area (Å²) in [6.45, 7) is 7.39. The fourth-order valence-corrected chi connectivity index (χ4v) is 15.4. The van der Waals surface area contributed by atoms with Crippen LogP contribution in [0.15, 0.2) is 0 Å². The summed E-state index contributed by atoms with van der Waals surface area (Å²) in [4.78, 5) is 73.3. The van der Waals surface area contributed by atoms with E-state index in [1.165, 1.54) is 302 Å². The highest BCUT2D eigenvalue weighted by molar-refractivity contribution is 7.47. The van der Waals surface area contributed by atoms with Gasteiger partial charge in [-0.25, -0.2) is 9.13 Å². The molecule has 0 saturated heterocycles. The van der Waals surface area contributed by atoms with Crippen molar-refractivity contribution in [2.75, 3.05) is 39.6 Å². The van der Waals surface area contributed by atoms with E-state index in [0.717, 1.165) is 95.8 Å². The second kappa shape index (κ2) is 80.7. The van der Waals surface area contributed by atoms with Crippen LogP contribution in [0, 0.1) is 5.92 Å². The van der Waals surface area contributed by atoms with Gasteiger partial charge < -0.3 is 33.8 Å². The summed E-state index contributed by atoms with van der Waals surface area (Å²) >= 11 is 0. The lowest BCUT2D eigenvalue weighted by molar-refractivity contribution is -0.161. The molecule has 5 atom stereocenters. The van der Waals surface area contributed by atoms with E-state index >= 15 is 0 Å². The van der Waals surface area contributed by atoms with Gasteiger partial charge in [-0.05, 0) is 31.6 Å². The smallest absolute Gasteiger partial charge is 0.462 e. The largest absolute Gasteiger partial charge is 0.472 e. The van der Waals surface area contributed by atoms with Crippen LogP contribution >= 0.6 is 15.6 Å². The summed E-state index contributed by atoms with van der Waals surface area (Å²) in [7, 11) is -9.93. The molecule has 0 aliphatic rings. The molecule has 636 valence electrons. The molecule has 0 amide bonds. The van der Waals surface area contributed by atoms with Crippen LogP contribution in [-0.4, -0.2) is 96.7 Å². The Morgan fingerprint density at radius 1 is 0.252 bits per heavy atom. The number of esters is 4. The number of hydrogen-bond acceptors (Lipinski definition) is 15. The molecule has 0 aromatic carbocycles. The van der Waals surface area contributed by atoms with Crippen LogP contribution < -0.4 is 0 Å².